The Balaban J connectivity index is 1.17. The minimum Gasteiger partial charge on any atom is -0.308 e. The molecule has 2 fully saturated rings. The second-order valence-corrected chi connectivity index (χ2v) is 26.1. The molecule has 4 atom stereocenters. The lowest BCUT2D eigenvalue weighted by molar-refractivity contribution is 0.0404. The highest BCUT2D eigenvalue weighted by atomic mass is 16.1. The summed E-state index contributed by atoms with van der Waals surface area (Å²) in [5.41, 5.74) is 12.6. The largest absolute Gasteiger partial charge is 0.308 e. The summed E-state index contributed by atoms with van der Waals surface area (Å²) in [6.45, 7) is 32.6. The molecule has 4 nitrogen and oxygen atoms in total. The van der Waals surface area contributed by atoms with Gasteiger partial charge in [0.05, 0.1) is 33.1 Å². The lowest BCUT2D eigenvalue weighted by Crippen LogP contribution is -2.51. The molecule has 0 amide bonds. The molecule has 2 saturated carbocycles. The van der Waals surface area contributed by atoms with E-state index in [0.717, 1.165) is 47.8 Å². The smallest absolute Gasteiger partial charge is 0.169 e. The topological polar surface area (TPSA) is 43.0 Å². The Hall–Kier alpha value is -5.48. The van der Waals surface area contributed by atoms with Crippen LogP contribution in [0.2, 0.25) is 0 Å². The van der Waals surface area contributed by atoms with E-state index in [1.54, 1.807) is 0 Å². The Morgan fingerprint density at radius 3 is 1.35 bits per heavy atom. The van der Waals surface area contributed by atoms with Gasteiger partial charge in [0.1, 0.15) is 0 Å². The van der Waals surface area contributed by atoms with Gasteiger partial charge in [-0.3, -0.25) is 9.59 Å². The predicted octanol–water partition coefficient (Wildman–Crippen LogP) is 16.3. The number of carbonyl (C=O) groups is 2. The summed E-state index contributed by atoms with van der Waals surface area (Å²) in [7, 11) is 0. The molecule has 10 aromatic rings. The Bertz CT molecular complexity index is 4000. The molecule has 0 radical (unpaired) electrons. The number of fused-ring (bicyclic) bond motifs is 22. The molecule has 14 rings (SSSR count). The highest BCUT2D eigenvalue weighted by Gasteiger charge is 2.67. The number of hydrogen-bond donors (Lipinski definition) is 0. The van der Waals surface area contributed by atoms with Gasteiger partial charge in [-0.25, -0.2) is 0 Å². The van der Waals surface area contributed by atoms with Crippen LogP contribution in [-0.2, 0) is 21.7 Å². The Labute approximate surface area is 387 Å². The van der Waals surface area contributed by atoms with Crippen molar-refractivity contribution in [3.63, 3.8) is 0 Å². The number of benzene rings is 6. The van der Waals surface area contributed by atoms with Crippen LogP contribution in [0, 0.1) is 21.7 Å². The number of hydrogen-bond acceptors (Lipinski definition) is 2. The normalized spacial score (nSPS) is 27.2. The fraction of sp³-hybridized carbons (Fsp3) is 0.419. The van der Waals surface area contributed by atoms with Gasteiger partial charge in [0.15, 0.2) is 11.6 Å². The van der Waals surface area contributed by atoms with Crippen LogP contribution in [-0.4, -0.2) is 20.4 Å². The van der Waals surface area contributed by atoms with Crippen LogP contribution in [0.4, 0.5) is 0 Å². The second kappa shape index (κ2) is 10.9. The van der Waals surface area contributed by atoms with Crippen molar-refractivity contribution in [2.24, 2.45) is 21.7 Å². The molecule has 4 heterocycles. The molecule has 4 aromatic heterocycles. The van der Waals surface area contributed by atoms with E-state index < -0.39 is 10.8 Å². The van der Waals surface area contributed by atoms with Crippen molar-refractivity contribution in [1.29, 1.82) is 0 Å². The predicted molar refractivity (Wildman–Crippen MR) is 276 cm³/mol. The van der Waals surface area contributed by atoms with E-state index in [4.69, 9.17) is 0 Å². The van der Waals surface area contributed by atoms with Gasteiger partial charge in [-0.05, 0) is 146 Å². The lowest BCUT2D eigenvalue weighted by atomic mass is 9.51. The molecule has 0 N–H and O–H groups in total. The summed E-state index contributed by atoms with van der Waals surface area (Å²) in [5.74, 6) is 0.609. The molecule has 66 heavy (non-hydrogen) atoms. The highest BCUT2D eigenvalue weighted by Crippen LogP contribution is 2.70. The highest BCUT2D eigenvalue weighted by molar-refractivity contribution is 6.34. The molecule has 4 heteroatoms. The molecule has 0 spiro atoms. The Morgan fingerprint density at radius 2 is 0.833 bits per heavy atom. The maximum absolute atomic E-state index is 15.0. The van der Waals surface area contributed by atoms with Crippen LogP contribution in [0.3, 0.4) is 0 Å². The van der Waals surface area contributed by atoms with Gasteiger partial charge in [-0.2, -0.15) is 0 Å². The van der Waals surface area contributed by atoms with Gasteiger partial charge in [-0.15, -0.1) is 0 Å². The first-order valence-corrected chi connectivity index (χ1v) is 24.8. The maximum atomic E-state index is 15.0. The molecular formula is C62H62N2O2. The third kappa shape index (κ3) is 3.95. The first kappa shape index (κ1) is 39.7. The average Bonchev–Trinajstić information content (AvgIpc) is 4.02. The van der Waals surface area contributed by atoms with E-state index in [0.29, 0.717) is 11.6 Å². The molecule has 332 valence electrons. The quantitative estimate of drug-likeness (QED) is 0.152. The van der Waals surface area contributed by atoms with Gasteiger partial charge < -0.3 is 8.80 Å². The van der Waals surface area contributed by atoms with Crippen molar-refractivity contribution in [3.8, 4) is 0 Å². The van der Waals surface area contributed by atoms with Crippen LogP contribution in [0.25, 0.3) is 87.0 Å². The summed E-state index contributed by atoms with van der Waals surface area (Å²) in [5, 5.41) is 12.5. The van der Waals surface area contributed by atoms with Crippen LogP contribution >= 0.6 is 0 Å². The molecule has 6 aromatic carbocycles. The second-order valence-electron chi connectivity index (χ2n) is 26.1. The van der Waals surface area contributed by atoms with Crippen molar-refractivity contribution < 1.29 is 9.59 Å². The first-order chi connectivity index (χ1) is 30.8. The summed E-state index contributed by atoms with van der Waals surface area (Å²) < 4.78 is 5.04. The zero-order chi connectivity index (χ0) is 46.3. The van der Waals surface area contributed by atoms with Crippen molar-refractivity contribution in [1.82, 2.24) is 8.80 Å². The van der Waals surface area contributed by atoms with Crippen molar-refractivity contribution in [2.75, 3.05) is 0 Å². The fourth-order valence-corrected chi connectivity index (χ4v) is 15.5. The SMILES string of the molecule is CC(C)(C)c1ccc2c(c1)cc1c3cc4c(cc3n3c5cc6c(cc5c2c13)C1(C)CCC(C)(C6=O)C1(C)C)c1cc(C(C)(C)C)cc2c3cc5c(cc3n4c21)C(=O)C1(C)CCC5(C)C1(C)C. The third-order valence-corrected chi connectivity index (χ3v) is 21.3. The molecule has 0 aliphatic heterocycles. The van der Waals surface area contributed by atoms with Gasteiger partial charge >= 0.3 is 0 Å². The van der Waals surface area contributed by atoms with Crippen LogP contribution in [0.1, 0.15) is 166 Å². The summed E-state index contributed by atoms with van der Waals surface area (Å²) in [6.07, 6.45) is 3.87. The molecule has 4 bridgehead atoms. The number of nitrogens with zero attached hydrogens (tertiary/aromatic N) is 2. The third-order valence-electron chi connectivity index (χ3n) is 21.3. The Morgan fingerprint density at radius 1 is 0.409 bits per heavy atom. The number of carbonyl (C=O) groups excluding carboxylic acids is 2. The average molecular weight is 867 g/mol. The summed E-state index contributed by atoms with van der Waals surface area (Å²) in [4.78, 5) is 29.9. The van der Waals surface area contributed by atoms with Gasteiger partial charge in [-0.1, -0.05) is 115 Å². The van der Waals surface area contributed by atoms with Crippen molar-refractivity contribution >= 4 is 98.5 Å². The maximum Gasteiger partial charge on any atom is 0.169 e. The van der Waals surface area contributed by atoms with Gasteiger partial charge in [0.25, 0.3) is 0 Å². The van der Waals surface area contributed by atoms with Crippen molar-refractivity contribution in [2.45, 2.75) is 144 Å². The van der Waals surface area contributed by atoms with Crippen molar-refractivity contribution in [3.05, 3.63) is 106 Å². The lowest BCUT2D eigenvalue weighted by Gasteiger charge is -2.51. The van der Waals surface area contributed by atoms with Gasteiger partial charge in [0.2, 0.25) is 0 Å². The zero-order valence-corrected chi connectivity index (χ0v) is 41.5. The van der Waals surface area contributed by atoms with E-state index in [9.17, 15) is 9.59 Å². The van der Waals surface area contributed by atoms with E-state index in [1.807, 2.05) is 0 Å². The summed E-state index contributed by atoms with van der Waals surface area (Å²) >= 11 is 0. The van der Waals surface area contributed by atoms with E-state index >= 15 is 0 Å². The molecule has 4 aliphatic rings. The van der Waals surface area contributed by atoms with Crippen LogP contribution in [0.5, 0.6) is 0 Å². The molecular weight excluding hydrogens is 805 g/mol. The van der Waals surface area contributed by atoms with Gasteiger partial charge in [0, 0.05) is 65.0 Å². The van der Waals surface area contributed by atoms with E-state index in [-0.39, 0.29) is 32.5 Å². The number of aromatic nitrogens is 2. The minimum absolute atomic E-state index is 0.00577. The molecule has 4 unspecified atom stereocenters. The van der Waals surface area contributed by atoms with Crippen LogP contribution in [0.15, 0.2) is 72.8 Å². The van der Waals surface area contributed by atoms with Crippen LogP contribution < -0.4 is 0 Å². The van der Waals surface area contributed by atoms with E-state index in [1.165, 1.54) is 98.2 Å². The zero-order valence-electron chi connectivity index (χ0n) is 41.5. The first-order valence-electron chi connectivity index (χ1n) is 24.8. The van der Waals surface area contributed by atoms with E-state index in [2.05, 4.69) is 179 Å². The fourth-order valence-electron chi connectivity index (χ4n) is 15.5. The Kier molecular flexibility index (Phi) is 6.57. The standard InChI is InChI=1S/C62H62N2O2/c1-55(2,3)32-15-16-34-31(21-32)22-38-36-27-46-37(28-47(36)64-49-30-42-45(26-43(49)50(34)52(38)64)60(12)18-20-62(14,54(42)66)58(60,9)10)40-24-33(56(4,5)6)23-39-35-25-44-41(29-48(35)63(46)51(39)40)53(65)61(13)19-17-59(44,11)57(61,7)8/h15-16,21-30H,17-20H2,1-14H3. The number of rotatable bonds is 0. The molecule has 0 saturated heterocycles. The minimum atomic E-state index is -0.409. The molecule has 4 aliphatic carbocycles. The monoisotopic (exact) mass is 866 g/mol. The number of Topliss-reactive ketones (excluding diaryl/α,β-unsaturated/α-hetero) is 2. The number of ketones is 2. The summed E-state index contributed by atoms with van der Waals surface area (Å²) in [6, 6.07) is 28.9.